The zero-order valence-corrected chi connectivity index (χ0v) is 9.08. The van der Waals surface area contributed by atoms with Crippen LogP contribution >= 0.6 is 0 Å². The number of hydrogen-bond acceptors (Lipinski definition) is 3. The van der Waals surface area contributed by atoms with E-state index < -0.39 is 6.10 Å². The van der Waals surface area contributed by atoms with Crippen molar-refractivity contribution in [2.75, 3.05) is 0 Å². The summed E-state index contributed by atoms with van der Waals surface area (Å²) in [6, 6.07) is 1.98. The number of hydrogen-bond donors (Lipinski definition) is 0. The standard InChI is InChI=1S/C11H19NO2/c1-3-4-5-6-7-8-11(9-12)14-10(2)13/h11H,3-8H2,1-2H3/t11-/m1/s1. The lowest BCUT2D eigenvalue weighted by Crippen LogP contribution is -2.13. The first-order valence-electron chi connectivity index (χ1n) is 5.27. The van der Waals surface area contributed by atoms with E-state index in [0.29, 0.717) is 6.42 Å². The SMILES string of the molecule is CCCCCCC[C@H](C#N)OC(C)=O. The van der Waals surface area contributed by atoms with Gasteiger partial charge in [-0.2, -0.15) is 5.26 Å². The van der Waals surface area contributed by atoms with Gasteiger partial charge in [-0.05, 0) is 12.8 Å². The van der Waals surface area contributed by atoms with Crippen LogP contribution in [0.25, 0.3) is 0 Å². The first-order chi connectivity index (χ1) is 6.70. The smallest absolute Gasteiger partial charge is 0.303 e. The second kappa shape index (κ2) is 8.55. The Bertz CT molecular complexity index is 196. The van der Waals surface area contributed by atoms with Gasteiger partial charge in [0.1, 0.15) is 6.07 Å². The van der Waals surface area contributed by atoms with Crippen molar-refractivity contribution in [1.29, 1.82) is 5.26 Å². The molecule has 0 aliphatic carbocycles. The Kier molecular flexibility index (Phi) is 7.92. The Balaban J connectivity index is 3.44. The van der Waals surface area contributed by atoms with E-state index in [4.69, 9.17) is 10.00 Å². The summed E-state index contributed by atoms with van der Waals surface area (Å²) in [5.74, 6) is -0.370. The molecule has 0 aromatic carbocycles. The topological polar surface area (TPSA) is 50.1 Å². The molecule has 0 N–H and O–H groups in total. The lowest BCUT2D eigenvalue weighted by molar-refractivity contribution is -0.144. The Hall–Kier alpha value is -1.04. The third kappa shape index (κ3) is 7.60. The van der Waals surface area contributed by atoms with Gasteiger partial charge in [0.25, 0.3) is 0 Å². The molecule has 0 aliphatic heterocycles. The number of unbranched alkanes of at least 4 members (excludes halogenated alkanes) is 4. The first-order valence-corrected chi connectivity index (χ1v) is 5.27. The van der Waals surface area contributed by atoms with Gasteiger partial charge < -0.3 is 4.74 Å². The first kappa shape index (κ1) is 13.0. The maximum absolute atomic E-state index is 10.6. The zero-order chi connectivity index (χ0) is 10.8. The summed E-state index contributed by atoms with van der Waals surface area (Å²) < 4.78 is 4.81. The summed E-state index contributed by atoms with van der Waals surface area (Å²) in [7, 11) is 0. The molecule has 0 fully saturated rings. The van der Waals surface area contributed by atoms with Crippen molar-refractivity contribution < 1.29 is 9.53 Å². The number of nitriles is 1. The summed E-state index contributed by atoms with van der Waals surface area (Å²) in [6.07, 6.45) is 5.86. The Labute approximate surface area is 86.1 Å². The van der Waals surface area contributed by atoms with Gasteiger partial charge in [0.05, 0.1) is 0 Å². The third-order valence-electron chi connectivity index (χ3n) is 2.02. The molecular weight excluding hydrogens is 178 g/mol. The average Bonchev–Trinajstić information content (AvgIpc) is 2.15. The van der Waals surface area contributed by atoms with Gasteiger partial charge in [-0.15, -0.1) is 0 Å². The maximum Gasteiger partial charge on any atom is 0.303 e. The molecule has 0 aromatic rings. The summed E-state index contributed by atoms with van der Waals surface area (Å²) in [5, 5.41) is 8.65. The van der Waals surface area contributed by atoms with Crippen LogP contribution in [0.4, 0.5) is 0 Å². The summed E-state index contributed by atoms with van der Waals surface area (Å²) in [5.41, 5.74) is 0. The predicted molar refractivity (Wildman–Crippen MR) is 54.5 cm³/mol. The average molecular weight is 197 g/mol. The van der Waals surface area contributed by atoms with Crippen molar-refractivity contribution in [2.24, 2.45) is 0 Å². The number of esters is 1. The number of carbonyl (C=O) groups excluding carboxylic acids is 1. The summed E-state index contributed by atoms with van der Waals surface area (Å²) >= 11 is 0. The van der Waals surface area contributed by atoms with Gasteiger partial charge in [-0.3, -0.25) is 4.79 Å². The molecule has 0 aliphatic rings. The van der Waals surface area contributed by atoms with Crippen LogP contribution in [-0.2, 0) is 9.53 Å². The molecule has 0 radical (unpaired) electrons. The fourth-order valence-corrected chi connectivity index (χ4v) is 1.28. The van der Waals surface area contributed by atoms with Gasteiger partial charge in [0.2, 0.25) is 0 Å². The normalized spacial score (nSPS) is 11.8. The third-order valence-corrected chi connectivity index (χ3v) is 2.02. The molecule has 0 amide bonds. The highest BCUT2D eigenvalue weighted by atomic mass is 16.5. The highest BCUT2D eigenvalue weighted by Crippen LogP contribution is 2.09. The molecule has 80 valence electrons. The van der Waals surface area contributed by atoms with E-state index >= 15 is 0 Å². The minimum absolute atomic E-state index is 0.370. The largest absolute Gasteiger partial charge is 0.447 e. The molecule has 0 heterocycles. The summed E-state index contributed by atoms with van der Waals surface area (Å²) in [6.45, 7) is 3.50. The van der Waals surface area contributed by atoms with Crippen molar-refractivity contribution in [3.05, 3.63) is 0 Å². The molecule has 0 bridgehead atoms. The van der Waals surface area contributed by atoms with Crippen molar-refractivity contribution in [1.82, 2.24) is 0 Å². The Morgan fingerprint density at radius 1 is 1.36 bits per heavy atom. The molecule has 3 heteroatoms. The van der Waals surface area contributed by atoms with Crippen LogP contribution in [0.1, 0.15) is 52.4 Å². The van der Waals surface area contributed by atoms with E-state index in [1.54, 1.807) is 0 Å². The second-order valence-corrected chi connectivity index (χ2v) is 3.43. The van der Waals surface area contributed by atoms with Crippen molar-refractivity contribution in [2.45, 2.75) is 58.5 Å². The molecule has 0 rings (SSSR count). The Morgan fingerprint density at radius 2 is 2.00 bits per heavy atom. The van der Waals surface area contributed by atoms with E-state index in [1.807, 2.05) is 6.07 Å². The van der Waals surface area contributed by atoms with Crippen molar-refractivity contribution in [3.8, 4) is 6.07 Å². The van der Waals surface area contributed by atoms with Gasteiger partial charge in [0.15, 0.2) is 6.10 Å². The fraction of sp³-hybridized carbons (Fsp3) is 0.818. The van der Waals surface area contributed by atoms with E-state index in [1.165, 1.54) is 26.2 Å². The monoisotopic (exact) mass is 197 g/mol. The van der Waals surface area contributed by atoms with Crippen LogP contribution < -0.4 is 0 Å². The molecule has 0 saturated heterocycles. The van der Waals surface area contributed by atoms with Crippen molar-refractivity contribution >= 4 is 5.97 Å². The predicted octanol–water partition coefficient (Wildman–Crippen LogP) is 2.80. The molecule has 0 unspecified atom stereocenters. The quantitative estimate of drug-likeness (QED) is 0.466. The van der Waals surface area contributed by atoms with Crippen LogP contribution in [0.15, 0.2) is 0 Å². The summed E-state index contributed by atoms with van der Waals surface area (Å²) in [4.78, 5) is 10.6. The minimum atomic E-state index is -0.547. The highest BCUT2D eigenvalue weighted by Gasteiger charge is 2.09. The second-order valence-electron chi connectivity index (χ2n) is 3.43. The van der Waals surface area contributed by atoms with Crippen LogP contribution in [0, 0.1) is 11.3 Å². The highest BCUT2D eigenvalue weighted by molar-refractivity contribution is 5.66. The molecule has 0 saturated carbocycles. The zero-order valence-electron chi connectivity index (χ0n) is 9.08. The Morgan fingerprint density at radius 3 is 2.50 bits per heavy atom. The van der Waals surface area contributed by atoms with Gasteiger partial charge in [-0.1, -0.05) is 32.6 Å². The van der Waals surface area contributed by atoms with E-state index in [0.717, 1.165) is 12.8 Å². The van der Waals surface area contributed by atoms with E-state index in [2.05, 4.69) is 6.92 Å². The maximum atomic E-state index is 10.6. The van der Waals surface area contributed by atoms with Crippen LogP contribution in [0.2, 0.25) is 0 Å². The molecule has 14 heavy (non-hydrogen) atoms. The van der Waals surface area contributed by atoms with Crippen LogP contribution in [0.3, 0.4) is 0 Å². The lowest BCUT2D eigenvalue weighted by atomic mass is 10.1. The number of nitrogens with zero attached hydrogens (tertiary/aromatic N) is 1. The van der Waals surface area contributed by atoms with Gasteiger partial charge in [0, 0.05) is 6.92 Å². The number of carbonyl (C=O) groups is 1. The van der Waals surface area contributed by atoms with Crippen molar-refractivity contribution in [3.63, 3.8) is 0 Å². The van der Waals surface area contributed by atoms with Gasteiger partial charge >= 0.3 is 5.97 Å². The molecule has 1 atom stereocenters. The molecule has 3 nitrogen and oxygen atoms in total. The lowest BCUT2D eigenvalue weighted by Gasteiger charge is -2.08. The number of rotatable bonds is 7. The molecule has 0 aromatic heterocycles. The molecular formula is C11H19NO2. The van der Waals surface area contributed by atoms with Crippen LogP contribution in [0.5, 0.6) is 0 Å². The van der Waals surface area contributed by atoms with Gasteiger partial charge in [-0.25, -0.2) is 0 Å². The van der Waals surface area contributed by atoms with Crippen LogP contribution in [-0.4, -0.2) is 12.1 Å². The van der Waals surface area contributed by atoms with E-state index in [9.17, 15) is 4.79 Å². The van der Waals surface area contributed by atoms with E-state index in [-0.39, 0.29) is 5.97 Å². The molecule has 0 spiro atoms. The fourth-order valence-electron chi connectivity index (χ4n) is 1.28. The number of ether oxygens (including phenoxy) is 1. The minimum Gasteiger partial charge on any atom is -0.447 e.